The van der Waals surface area contributed by atoms with Gasteiger partial charge in [-0.3, -0.25) is 4.79 Å². The van der Waals surface area contributed by atoms with Crippen molar-refractivity contribution >= 4 is 17.7 Å². The highest BCUT2D eigenvalue weighted by Crippen LogP contribution is 2.24. The van der Waals surface area contributed by atoms with Crippen LogP contribution < -0.4 is 10.2 Å². The fraction of sp³-hybridized carbons (Fsp3) is 0.560. The SMILES string of the molecule is Cc1ccc(N2CCCN(C(=O)O)CC2)cc1C(=O)NC[C]1CCCCCCC1.[CH2].[CH2]. The molecule has 1 saturated carbocycles. The molecular weight excluding hydrogens is 390 g/mol. The quantitative estimate of drug-likeness (QED) is 0.716. The first-order chi connectivity index (χ1) is 14.0. The molecule has 1 aliphatic heterocycles. The maximum atomic E-state index is 12.9. The number of nitrogens with one attached hydrogen (secondary N) is 1. The average molecular weight is 429 g/mol. The molecule has 1 saturated heterocycles. The van der Waals surface area contributed by atoms with Crippen molar-refractivity contribution in [3.63, 3.8) is 0 Å². The van der Waals surface area contributed by atoms with Crippen molar-refractivity contribution in [2.24, 2.45) is 0 Å². The summed E-state index contributed by atoms with van der Waals surface area (Å²) in [5.41, 5.74) is 2.68. The molecule has 0 spiro atoms. The number of anilines is 1. The standard InChI is InChI=1S/C23H34N3O3.2CH2/c1-18-10-11-20(25-12-7-13-26(15-14-25)23(28)29)16-21(18)22(27)24-17-19-8-5-3-2-4-6-9-19;;/h10-11,16H,2-9,12-15,17H2,1H3,(H,24,27)(H,28,29);2*1H2. The van der Waals surface area contributed by atoms with E-state index in [9.17, 15) is 14.7 Å². The number of amides is 2. The van der Waals surface area contributed by atoms with Crippen LogP contribution in [-0.2, 0) is 0 Å². The van der Waals surface area contributed by atoms with Crippen LogP contribution in [0.15, 0.2) is 18.2 Å². The molecule has 1 aromatic rings. The second-order valence-corrected chi connectivity index (χ2v) is 8.31. The van der Waals surface area contributed by atoms with E-state index < -0.39 is 6.09 Å². The Morgan fingerprint density at radius 2 is 1.61 bits per heavy atom. The summed E-state index contributed by atoms with van der Waals surface area (Å²) in [5.74, 6) is 1.45. The van der Waals surface area contributed by atoms with Crippen LogP contribution in [0.3, 0.4) is 0 Å². The molecule has 5 radical (unpaired) electrons. The number of nitrogens with zero attached hydrogens (tertiary/aromatic N) is 2. The molecule has 31 heavy (non-hydrogen) atoms. The Morgan fingerprint density at radius 3 is 2.29 bits per heavy atom. The number of carboxylic acid groups (broad SMARTS) is 1. The van der Waals surface area contributed by atoms with Crippen LogP contribution in [0.2, 0.25) is 0 Å². The van der Waals surface area contributed by atoms with E-state index >= 15 is 0 Å². The van der Waals surface area contributed by atoms with Crippen molar-refractivity contribution in [1.29, 1.82) is 0 Å². The summed E-state index contributed by atoms with van der Waals surface area (Å²) in [6.07, 6.45) is 8.61. The molecule has 1 aliphatic carbocycles. The summed E-state index contributed by atoms with van der Waals surface area (Å²) in [4.78, 5) is 27.8. The normalized spacial score (nSPS) is 18.0. The molecular formula is C25H38N3O3. The summed E-state index contributed by atoms with van der Waals surface area (Å²) in [7, 11) is 0. The van der Waals surface area contributed by atoms with Gasteiger partial charge in [-0.1, -0.05) is 53.0 Å². The first-order valence-corrected chi connectivity index (χ1v) is 11.0. The Bertz CT molecular complexity index is 699. The van der Waals surface area contributed by atoms with Crippen molar-refractivity contribution in [3.05, 3.63) is 50.1 Å². The maximum Gasteiger partial charge on any atom is 0.407 e. The predicted molar refractivity (Wildman–Crippen MR) is 126 cm³/mol. The zero-order valence-corrected chi connectivity index (χ0v) is 19.0. The zero-order valence-electron chi connectivity index (χ0n) is 19.0. The third kappa shape index (κ3) is 7.75. The maximum absolute atomic E-state index is 12.9. The minimum Gasteiger partial charge on any atom is -0.465 e. The number of hydrogen-bond acceptors (Lipinski definition) is 3. The molecule has 2 amide bonds. The number of aryl methyl sites for hydroxylation is 1. The van der Waals surface area contributed by atoms with Crippen LogP contribution in [0.5, 0.6) is 0 Å². The second-order valence-electron chi connectivity index (χ2n) is 8.31. The first kappa shape index (κ1) is 26.8. The third-order valence-electron chi connectivity index (χ3n) is 6.16. The van der Waals surface area contributed by atoms with Crippen LogP contribution in [0, 0.1) is 27.7 Å². The molecule has 1 heterocycles. The zero-order chi connectivity index (χ0) is 20.6. The topological polar surface area (TPSA) is 72.9 Å². The monoisotopic (exact) mass is 428 g/mol. The molecule has 0 aromatic heterocycles. The van der Waals surface area contributed by atoms with E-state index in [0.717, 1.165) is 37.1 Å². The van der Waals surface area contributed by atoms with E-state index in [-0.39, 0.29) is 20.8 Å². The lowest BCUT2D eigenvalue weighted by Crippen LogP contribution is -2.34. The van der Waals surface area contributed by atoms with Gasteiger partial charge in [-0.05, 0) is 49.8 Å². The van der Waals surface area contributed by atoms with Crippen LogP contribution in [-0.4, -0.2) is 54.7 Å². The van der Waals surface area contributed by atoms with Crippen molar-refractivity contribution in [2.45, 2.75) is 58.3 Å². The van der Waals surface area contributed by atoms with Crippen molar-refractivity contribution in [3.8, 4) is 0 Å². The van der Waals surface area contributed by atoms with Gasteiger partial charge in [-0.2, -0.15) is 0 Å². The van der Waals surface area contributed by atoms with Crippen molar-refractivity contribution < 1.29 is 14.7 Å². The van der Waals surface area contributed by atoms with Gasteiger partial charge in [0.25, 0.3) is 5.91 Å². The molecule has 0 atom stereocenters. The molecule has 2 N–H and O–H groups in total. The van der Waals surface area contributed by atoms with Crippen molar-refractivity contribution in [1.82, 2.24) is 10.2 Å². The Labute approximate surface area is 189 Å². The molecule has 0 unspecified atom stereocenters. The lowest BCUT2D eigenvalue weighted by Gasteiger charge is -2.24. The summed E-state index contributed by atoms with van der Waals surface area (Å²) in [5, 5.41) is 12.4. The van der Waals surface area contributed by atoms with Gasteiger partial charge < -0.3 is 20.2 Å². The summed E-state index contributed by atoms with van der Waals surface area (Å²) < 4.78 is 0. The highest BCUT2D eigenvalue weighted by molar-refractivity contribution is 5.96. The first-order valence-electron chi connectivity index (χ1n) is 11.0. The van der Waals surface area contributed by atoms with Crippen LogP contribution in [0.4, 0.5) is 10.5 Å². The predicted octanol–water partition coefficient (Wildman–Crippen LogP) is 4.89. The Balaban J connectivity index is 0.00000240. The van der Waals surface area contributed by atoms with Gasteiger partial charge in [0.1, 0.15) is 0 Å². The minimum atomic E-state index is -0.859. The summed E-state index contributed by atoms with van der Waals surface area (Å²) in [6, 6.07) is 5.99. The Hall–Kier alpha value is -2.24. The fourth-order valence-electron chi connectivity index (χ4n) is 4.30. The van der Waals surface area contributed by atoms with Crippen LogP contribution >= 0.6 is 0 Å². The van der Waals surface area contributed by atoms with Gasteiger partial charge in [-0.25, -0.2) is 4.79 Å². The van der Waals surface area contributed by atoms with E-state index in [1.165, 1.54) is 42.9 Å². The lowest BCUT2D eigenvalue weighted by molar-refractivity contribution is 0.0953. The number of carbonyl (C=O) groups is 2. The van der Waals surface area contributed by atoms with Gasteiger partial charge >= 0.3 is 6.09 Å². The fourth-order valence-corrected chi connectivity index (χ4v) is 4.30. The molecule has 3 rings (SSSR count). The van der Waals surface area contributed by atoms with E-state index in [1.54, 1.807) is 0 Å². The van der Waals surface area contributed by atoms with Crippen LogP contribution in [0.25, 0.3) is 0 Å². The number of rotatable bonds is 4. The Kier molecular flexibility index (Phi) is 11.4. The van der Waals surface area contributed by atoms with E-state index in [0.29, 0.717) is 31.7 Å². The van der Waals surface area contributed by atoms with Crippen LogP contribution in [0.1, 0.15) is 67.3 Å². The average Bonchev–Trinajstić information content (AvgIpc) is 2.94. The number of carbonyl (C=O) groups excluding carboxylic acids is 1. The summed E-state index contributed by atoms with van der Waals surface area (Å²) >= 11 is 0. The number of hydrogen-bond donors (Lipinski definition) is 2. The van der Waals surface area contributed by atoms with E-state index in [2.05, 4.69) is 10.2 Å². The molecule has 6 nitrogen and oxygen atoms in total. The molecule has 171 valence electrons. The highest BCUT2D eigenvalue weighted by atomic mass is 16.4. The molecule has 0 bridgehead atoms. The van der Waals surface area contributed by atoms with Gasteiger partial charge in [0.05, 0.1) is 0 Å². The third-order valence-corrected chi connectivity index (χ3v) is 6.16. The van der Waals surface area contributed by atoms with Gasteiger partial charge in [0.15, 0.2) is 0 Å². The molecule has 2 aliphatic rings. The number of benzene rings is 1. The summed E-state index contributed by atoms with van der Waals surface area (Å²) in [6.45, 7) is 5.14. The largest absolute Gasteiger partial charge is 0.465 e. The Morgan fingerprint density at radius 1 is 0.935 bits per heavy atom. The lowest BCUT2D eigenvalue weighted by atomic mass is 9.91. The van der Waals surface area contributed by atoms with E-state index in [4.69, 9.17) is 0 Å². The molecule has 2 fully saturated rings. The van der Waals surface area contributed by atoms with Crippen molar-refractivity contribution in [2.75, 3.05) is 37.6 Å². The van der Waals surface area contributed by atoms with Gasteiger partial charge in [-0.15, -0.1) is 0 Å². The second kappa shape index (κ2) is 13.2. The molecule has 6 heteroatoms. The molecule has 1 aromatic carbocycles. The minimum absolute atomic E-state index is 0. The smallest absolute Gasteiger partial charge is 0.407 e. The van der Waals surface area contributed by atoms with Gasteiger partial charge in [0.2, 0.25) is 0 Å². The highest BCUT2D eigenvalue weighted by Gasteiger charge is 2.20. The van der Waals surface area contributed by atoms with E-state index in [1.807, 2.05) is 25.1 Å². The van der Waals surface area contributed by atoms with Gasteiger partial charge in [0, 0.05) is 44.0 Å².